The highest BCUT2D eigenvalue weighted by atomic mass is 16.2. The van der Waals surface area contributed by atoms with Gasteiger partial charge in [0, 0.05) is 45.5 Å². The zero-order valence-electron chi connectivity index (χ0n) is 12.7. The average Bonchev–Trinajstić information content (AvgIpc) is 2.80. The second-order valence-electron chi connectivity index (χ2n) is 5.75. The first-order valence-electron chi connectivity index (χ1n) is 7.53. The molecule has 0 aliphatic carbocycles. The van der Waals surface area contributed by atoms with Crippen LogP contribution >= 0.6 is 0 Å². The Balaban J connectivity index is 2.10. The molecule has 20 heavy (non-hydrogen) atoms. The van der Waals surface area contributed by atoms with Gasteiger partial charge in [0.15, 0.2) is 0 Å². The lowest BCUT2D eigenvalue weighted by Gasteiger charge is -2.23. The predicted octanol–water partition coefficient (Wildman–Crippen LogP) is 1.73. The quantitative estimate of drug-likeness (QED) is 0.745. The largest absolute Gasteiger partial charge is 0.396 e. The Morgan fingerprint density at radius 3 is 2.75 bits per heavy atom. The molecule has 4 nitrogen and oxygen atoms in total. The van der Waals surface area contributed by atoms with Crippen LogP contribution < -0.4 is 10.6 Å². The molecule has 2 rings (SSSR count). The van der Waals surface area contributed by atoms with E-state index in [4.69, 9.17) is 10.8 Å². The predicted molar refractivity (Wildman–Crippen MR) is 83.9 cm³/mol. The third kappa shape index (κ3) is 3.14. The number of anilines is 1. The van der Waals surface area contributed by atoms with Gasteiger partial charge in [0.1, 0.15) is 0 Å². The monoisotopic (exact) mass is 277 g/mol. The second-order valence-corrected chi connectivity index (χ2v) is 5.75. The first-order valence-corrected chi connectivity index (χ1v) is 7.53. The van der Waals surface area contributed by atoms with Crippen molar-refractivity contribution >= 4 is 5.69 Å². The Morgan fingerprint density at radius 2 is 2.10 bits per heavy atom. The van der Waals surface area contributed by atoms with Crippen LogP contribution in [0.4, 0.5) is 5.69 Å². The maximum Gasteiger partial charge on any atom is 0.0478 e. The minimum Gasteiger partial charge on any atom is -0.396 e. The zero-order valence-corrected chi connectivity index (χ0v) is 12.7. The molecule has 0 aromatic heterocycles. The van der Waals surface area contributed by atoms with Gasteiger partial charge in [-0.05, 0) is 43.0 Å². The molecular weight excluding hydrogens is 250 g/mol. The zero-order chi connectivity index (χ0) is 14.5. The molecule has 0 saturated heterocycles. The molecule has 4 heteroatoms. The van der Waals surface area contributed by atoms with Crippen molar-refractivity contribution in [3.63, 3.8) is 0 Å². The number of aliphatic hydroxyl groups is 1. The summed E-state index contributed by atoms with van der Waals surface area (Å²) in [6.07, 6.45) is 3.11. The molecular formula is C16H27N3O. The number of aliphatic hydroxyl groups excluding tert-OH is 1. The highest BCUT2D eigenvalue weighted by molar-refractivity contribution is 5.58. The minimum atomic E-state index is 0.297. The van der Waals surface area contributed by atoms with Crippen molar-refractivity contribution in [3.05, 3.63) is 29.3 Å². The van der Waals surface area contributed by atoms with E-state index in [2.05, 4.69) is 42.1 Å². The molecule has 0 radical (unpaired) electrons. The molecule has 1 aromatic carbocycles. The van der Waals surface area contributed by atoms with Gasteiger partial charge in [0.2, 0.25) is 0 Å². The van der Waals surface area contributed by atoms with E-state index < -0.39 is 0 Å². The van der Waals surface area contributed by atoms with Crippen molar-refractivity contribution in [1.82, 2.24) is 4.90 Å². The number of nitrogens with two attached hydrogens (primary N) is 1. The Kier molecular flexibility index (Phi) is 5.40. The number of nitrogens with zero attached hydrogens (tertiary/aromatic N) is 2. The fourth-order valence-corrected chi connectivity index (χ4v) is 3.12. The van der Waals surface area contributed by atoms with Crippen molar-refractivity contribution in [1.29, 1.82) is 0 Å². The maximum absolute atomic E-state index is 8.86. The van der Waals surface area contributed by atoms with Crippen LogP contribution in [0, 0.1) is 0 Å². The minimum absolute atomic E-state index is 0.297. The van der Waals surface area contributed by atoms with Gasteiger partial charge in [-0.15, -0.1) is 0 Å². The van der Waals surface area contributed by atoms with Gasteiger partial charge >= 0.3 is 0 Å². The molecule has 1 aliphatic rings. The van der Waals surface area contributed by atoms with Gasteiger partial charge in [0.25, 0.3) is 0 Å². The molecule has 1 aromatic rings. The molecule has 1 heterocycles. The van der Waals surface area contributed by atoms with Crippen LogP contribution in [-0.4, -0.2) is 43.8 Å². The van der Waals surface area contributed by atoms with E-state index >= 15 is 0 Å². The van der Waals surface area contributed by atoms with Crippen molar-refractivity contribution in [3.8, 4) is 0 Å². The summed E-state index contributed by atoms with van der Waals surface area (Å²) >= 11 is 0. The van der Waals surface area contributed by atoms with Crippen LogP contribution in [-0.2, 0) is 6.54 Å². The van der Waals surface area contributed by atoms with Crippen LogP contribution in [0.5, 0.6) is 0 Å². The fraction of sp³-hybridized carbons (Fsp3) is 0.625. The molecule has 112 valence electrons. The van der Waals surface area contributed by atoms with E-state index in [-0.39, 0.29) is 0 Å². The van der Waals surface area contributed by atoms with Crippen LogP contribution in [0.25, 0.3) is 0 Å². The van der Waals surface area contributed by atoms with E-state index in [0.717, 1.165) is 32.4 Å². The molecule has 1 atom stereocenters. The van der Waals surface area contributed by atoms with Gasteiger partial charge in [-0.2, -0.15) is 0 Å². The van der Waals surface area contributed by atoms with E-state index in [1.165, 1.54) is 16.8 Å². The molecule has 3 N–H and O–H groups in total. The first kappa shape index (κ1) is 15.3. The van der Waals surface area contributed by atoms with Crippen LogP contribution in [0.15, 0.2) is 18.2 Å². The molecule has 1 aliphatic heterocycles. The summed E-state index contributed by atoms with van der Waals surface area (Å²) in [6, 6.07) is 6.88. The number of hydrogen-bond acceptors (Lipinski definition) is 4. The molecule has 0 bridgehead atoms. The first-order chi connectivity index (χ1) is 9.69. The highest BCUT2D eigenvalue weighted by Gasteiger charge is 2.30. The molecule has 0 amide bonds. The summed E-state index contributed by atoms with van der Waals surface area (Å²) in [4.78, 5) is 4.66. The standard InChI is InChI=1S/C16H27N3O/c1-18(2)15-8-6-7-13-14(15)12-19(16(13)11-17)9-4-3-5-10-20/h6-8,16,20H,3-5,9-12,17H2,1-2H3. The third-order valence-corrected chi connectivity index (χ3v) is 4.16. The Bertz CT molecular complexity index is 434. The van der Waals surface area contributed by atoms with E-state index in [9.17, 15) is 0 Å². The van der Waals surface area contributed by atoms with Crippen LogP contribution in [0.1, 0.15) is 36.4 Å². The maximum atomic E-state index is 8.86. The van der Waals surface area contributed by atoms with Gasteiger partial charge in [-0.1, -0.05) is 12.1 Å². The van der Waals surface area contributed by atoms with Crippen molar-refractivity contribution in [2.24, 2.45) is 5.73 Å². The summed E-state index contributed by atoms with van der Waals surface area (Å²) in [6.45, 7) is 3.02. The summed E-state index contributed by atoms with van der Waals surface area (Å²) < 4.78 is 0. The lowest BCUT2D eigenvalue weighted by molar-refractivity contribution is 0.210. The number of fused-ring (bicyclic) bond motifs is 1. The van der Waals surface area contributed by atoms with Gasteiger partial charge in [-0.3, -0.25) is 4.90 Å². The Hall–Kier alpha value is -1.10. The Labute approximate surface area is 122 Å². The summed E-state index contributed by atoms with van der Waals surface area (Å²) in [5, 5.41) is 8.86. The molecule has 1 unspecified atom stereocenters. The normalized spacial score (nSPS) is 18.3. The fourth-order valence-electron chi connectivity index (χ4n) is 3.12. The lowest BCUT2D eigenvalue weighted by Crippen LogP contribution is -2.28. The molecule has 0 spiro atoms. The van der Waals surface area contributed by atoms with Gasteiger partial charge in [-0.25, -0.2) is 0 Å². The van der Waals surface area contributed by atoms with E-state index in [1.54, 1.807) is 0 Å². The molecule has 0 fully saturated rings. The SMILES string of the molecule is CN(C)c1cccc2c1CN(CCCCCO)C2CN. The Morgan fingerprint density at radius 1 is 1.30 bits per heavy atom. The summed E-state index contributed by atoms with van der Waals surface area (Å²) in [5.74, 6) is 0. The topological polar surface area (TPSA) is 52.7 Å². The third-order valence-electron chi connectivity index (χ3n) is 4.16. The van der Waals surface area contributed by atoms with Gasteiger partial charge < -0.3 is 15.7 Å². The van der Waals surface area contributed by atoms with Crippen LogP contribution in [0.3, 0.4) is 0 Å². The van der Waals surface area contributed by atoms with Crippen molar-refractivity contribution in [2.45, 2.75) is 31.8 Å². The van der Waals surface area contributed by atoms with Gasteiger partial charge in [0.05, 0.1) is 0 Å². The smallest absolute Gasteiger partial charge is 0.0478 e. The molecule has 0 saturated carbocycles. The summed E-state index contributed by atoms with van der Waals surface area (Å²) in [7, 11) is 4.19. The number of unbranched alkanes of at least 4 members (excludes halogenated alkanes) is 2. The number of benzene rings is 1. The summed E-state index contributed by atoms with van der Waals surface area (Å²) in [5.41, 5.74) is 10.1. The highest BCUT2D eigenvalue weighted by Crippen LogP contribution is 2.38. The van der Waals surface area contributed by atoms with Crippen molar-refractivity contribution in [2.75, 3.05) is 38.7 Å². The van der Waals surface area contributed by atoms with Crippen molar-refractivity contribution < 1.29 is 5.11 Å². The van der Waals surface area contributed by atoms with Crippen LogP contribution in [0.2, 0.25) is 0 Å². The number of hydrogen-bond donors (Lipinski definition) is 2. The van der Waals surface area contributed by atoms with E-state index in [1.807, 2.05) is 0 Å². The second kappa shape index (κ2) is 7.07. The lowest BCUT2D eigenvalue weighted by atomic mass is 10.0. The van der Waals surface area contributed by atoms with E-state index in [0.29, 0.717) is 19.2 Å². The average molecular weight is 277 g/mol. The number of rotatable bonds is 7.